The van der Waals surface area contributed by atoms with E-state index in [-0.39, 0.29) is 11.7 Å². The first-order valence-corrected chi connectivity index (χ1v) is 6.97. The first kappa shape index (κ1) is 15.2. The molecule has 0 bridgehead atoms. The number of hydrogen-bond acceptors (Lipinski definition) is 3. The highest BCUT2D eigenvalue weighted by Gasteiger charge is 2.02. The van der Waals surface area contributed by atoms with Crippen LogP contribution >= 0.6 is 11.6 Å². The lowest BCUT2D eigenvalue weighted by atomic mass is 10.1. The van der Waals surface area contributed by atoms with E-state index in [1.807, 2.05) is 30.3 Å². The summed E-state index contributed by atoms with van der Waals surface area (Å²) in [5.74, 6) is 0.0772. The zero-order chi connectivity index (χ0) is 15.2. The fourth-order valence-electron chi connectivity index (χ4n) is 1.88. The van der Waals surface area contributed by atoms with Crippen molar-refractivity contribution in [3.8, 4) is 5.75 Å². The van der Waals surface area contributed by atoms with E-state index in [9.17, 15) is 9.90 Å². The number of rotatable bonds is 5. The molecule has 2 aromatic rings. The van der Waals surface area contributed by atoms with Gasteiger partial charge in [-0.05, 0) is 35.4 Å². The van der Waals surface area contributed by atoms with Crippen molar-refractivity contribution in [1.82, 2.24) is 5.32 Å². The molecule has 0 radical (unpaired) electrons. The van der Waals surface area contributed by atoms with E-state index in [2.05, 4.69) is 10.6 Å². The van der Waals surface area contributed by atoms with Crippen LogP contribution in [-0.4, -0.2) is 18.1 Å². The quantitative estimate of drug-likeness (QED) is 0.796. The van der Waals surface area contributed by atoms with Crippen LogP contribution in [0.25, 0.3) is 0 Å². The fraction of sp³-hybridized carbons (Fsp3) is 0.188. The van der Waals surface area contributed by atoms with Crippen LogP contribution in [0.15, 0.2) is 42.5 Å². The van der Waals surface area contributed by atoms with E-state index < -0.39 is 0 Å². The SMILES string of the molecule is CNC(=O)Cc1ccc(NCc2ccc(O)c(Cl)c2)cc1. The van der Waals surface area contributed by atoms with Crippen molar-refractivity contribution in [1.29, 1.82) is 0 Å². The van der Waals surface area contributed by atoms with Crippen molar-refractivity contribution in [3.63, 3.8) is 0 Å². The number of phenolic OH excluding ortho intramolecular Hbond substituents is 1. The Morgan fingerprint density at radius 1 is 1.14 bits per heavy atom. The summed E-state index contributed by atoms with van der Waals surface area (Å²) in [7, 11) is 1.63. The van der Waals surface area contributed by atoms with Crippen molar-refractivity contribution in [2.45, 2.75) is 13.0 Å². The van der Waals surface area contributed by atoms with Crippen molar-refractivity contribution in [2.24, 2.45) is 0 Å². The van der Waals surface area contributed by atoms with Crippen LogP contribution in [0.4, 0.5) is 5.69 Å². The second-order valence-electron chi connectivity index (χ2n) is 4.69. The number of carbonyl (C=O) groups is 1. The Hall–Kier alpha value is -2.20. The molecule has 4 nitrogen and oxygen atoms in total. The number of halogens is 1. The summed E-state index contributed by atoms with van der Waals surface area (Å²) in [4.78, 5) is 11.3. The molecule has 3 N–H and O–H groups in total. The maximum atomic E-state index is 11.3. The van der Waals surface area contributed by atoms with Gasteiger partial charge >= 0.3 is 0 Å². The van der Waals surface area contributed by atoms with Gasteiger partial charge in [-0.25, -0.2) is 0 Å². The molecule has 0 aliphatic heterocycles. The van der Waals surface area contributed by atoms with Crippen molar-refractivity contribution in [3.05, 3.63) is 58.6 Å². The summed E-state index contributed by atoms with van der Waals surface area (Å²) >= 11 is 5.86. The highest BCUT2D eigenvalue weighted by atomic mass is 35.5. The van der Waals surface area contributed by atoms with Gasteiger partial charge < -0.3 is 15.7 Å². The molecule has 5 heteroatoms. The van der Waals surface area contributed by atoms with Gasteiger partial charge in [0.05, 0.1) is 11.4 Å². The maximum Gasteiger partial charge on any atom is 0.224 e. The third kappa shape index (κ3) is 4.39. The molecule has 0 heterocycles. The second-order valence-corrected chi connectivity index (χ2v) is 5.09. The first-order chi connectivity index (χ1) is 10.1. The van der Waals surface area contributed by atoms with Crippen LogP contribution in [0.3, 0.4) is 0 Å². The van der Waals surface area contributed by atoms with Gasteiger partial charge in [-0.1, -0.05) is 29.8 Å². The van der Waals surface area contributed by atoms with Crippen molar-refractivity contribution < 1.29 is 9.90 Å². The Bertz CT molecular complexity index is 627. The Kier molecular flexibility index (Phi) is 5.06. The van der Waals surface area contributed by atoms with Gasteiger partial charge in [0, 0.05) is 19.3 Å². The standard InChI is InChI=1S/C16H17ClN2O2/c1-18-16(21)9-11-2-5-13(6-3-11)19-10-12-4-7-15(20)14(17)8-12/h2-8,19-20H,9-10H2,1H3,(H,18,21). The van der Waals surface area contributed by atoms with Crippen LogP contribution in [0.1, 0.15) is 11.1 Å². The molecule has 0 saturated heterocycles. The molecule has 0 spiro atoms. The van der Waals surface area contributed by atoms with Gasteiger partial charge in [0.25, 0.3) is 0 Å². The van der Waals surface area contributed by atoms with Gasteiger partial charge in [-0.3, -0.25) is 4.79 Å². The highest BCUT2D eigenvalue weighted by molar-refractivity contribution is 6.32. The van der Waals surface area contributed by atoms with Crippen LogP contribution in [-0.2, 0) is 17.8 Å². The molecule has 0 saturated carbocycles. The topological polar surface area (TPSA) is 61.4 Å². The van der Waals surface area contributed by atoms with E-state index in [1.165, 1.54) is 0 Å². The average Bonchev–Trinajstić information content (AvgIpc) is 2.50. The van der Waals surface area contributed by atoms with E-state index in [0.717, 1.165) is 16.8 Å². The fourth-order valence-corrected chi connectivity index (χ4v) is 2.08. The summed E-state index contributed by atoms with van der Waals surface area (Å²) in [5, 5.41) is 15.6. The summed E-state index contributed by atoms with van der Waals surface area (Å²) in [5.41, 5.74) is 2.90. The normalized spacial score (nSPS) is 10.2. The summed E-state index contributed by atoms with van der Waals surface area (Å²) in [6.07, 6.45) is 0.379. The molecule has 0 unspecified atom stereocenters. The number of likely N-dealkylation sites (N-methyl/N-ethyl adjacent to an activating group) is 1. The summed E-state index contributed by atoms with van der Waals surface area (Å²) < 4.78 is 0. The van der Waals surface area contributed by atoms with Crippen molar-refractivity contribution in [2.75, 3.05) is 12.4 Å². The minimum Gasteiger partial charge on any atom is -0.506 e. The molecule has 21 heavy (non-hydrogen) atoms. The molecule has 0 fully saturated rings. The summed E-state index contributed by atoms with van der Waals surface area (Å²) in [6, 6.07) is 12.8. The van der Waals surface area contributed by atoms with E-state index >= 15 is 0 Å². The predicted molar refractivity (Wildman–Crippen MR) is 84.7 cm³/mol. The third-order valence-electron chi connectivity index (χ3n) is 3.11. The number of hydrogen-bond donors (Lipinski definition) is 3. The molecule has 2 aromatic carbocycles. The van der Waals surface area contributed by atoms with E-state index in [4.69, 9.17) is 11.6 Å². The lowest BCUT2D eigenvalue weighted by molar-refractivity contribution is -0.119. The minimum atomic E-state index is -0.00514. The van der Waals surface area contributed by atoms with Crippen LogP contribution in [0.2, 0.25) is 5.02 Å². The molecular weight excluding hydrogens is 288 g/mol. The predicted octanol–water partition coefficient (Wildman–Crippen LogP) is 2.95. The van der Waals surface area contributed by atoms with E-state index in [1.54, 1.807) is 19.2 Å². The van der Waals surface area contributed by atoms with Gasteiger partial charge in [0.15, 0.2) is 0 Å². The van der Waals surface area contributed by atoms with Crippen LogP contribution < -0.4 is 10.6 Å². The number of carbonyl (C=O) groups excluding carboxylic acids is 1. The second kappa shape index (κ2) is 6.99. The Morgan fingerprint density at radius 2 is 1.81 bits per heavy atom. The molecule has 0 aromatic heterocycles. The number of amides is 1. The zero-order valence-electron chi connectivity index (χ0n) is 11.7. The Labute approximate surface area is 128 Å². The van der Waals surface area contributed by atoms with Crippen molar-refractivity contribution >= 4 is 23.2 Å². The van der Waals surface area contributed by atoms with E-state index in [0.29, 0.717) is 18.0 Å². The van der Waals surface area contributed by atoms with Gasteiger partial charge in [-0.15, -0.1) is 0 Å². The molecule has 1 amide bonds. The third-order valence-corrected chi connectivity index (χ3v) is 3.41. The van der Waals surface area contributed by atoms with Crippen LogP contribution in [0, 0.1) is 0 Å². The smallest absolute Gasteiger partial charge is 0.224 e. The molecule has 2 rings (SSSR count). The zero-order valence-corrected chi connectivity index (χ0v) is 12.4. The van der Waals surface area contributed by atoms with Crippen LogP contribution in [0.5, 0.6) is 5.75 Å². The van der Waals surface area contributed by atoms with Gasteiger partial charge in [-0.2, -0.15) is 0 Å². The maximum absolute atomic E-state index is 11.3. The van der Waals surface area contributed by atoms with Gasteiger partial charge in [0.2, 0.25) is 5.91 Å². The number of benzene rings is 2. The molecular formula is C16H17ClN2O2. The van der Waals surface area contributed by atoms with Gasteiger partial charge in [0.1, 0.15) is 5.75 Å². The largest absolute Gasteiger partial charge is 0.506 e. The monoisotopic (exact) mass is 304 g/mol. The number of phenols is 1. The number of nitrogens with one attached hydrogen (secondary N) is 2. The lowest BCUT2D eigenvalue weighted by Crippen LogP contribution is -2.19. The molecule has 0 aliphatic rings. The number of aromatic hydroxyl groups is 1. The first-order valence-electron chi connectivity index (χ1n) is 6.59. The molecule has 110 valence electrons. The Balaban J connectivity index is 1.94. The summed E-state index contributed by atoms with van der Waals surface area (Å²) in [6.45, 7) is 0.606. The molecule has 0 atom stereocenters. The molecule has 0 aliphatic carbocycles. The number of anilines is 1. The minimum absolute atomic E-state index is 0.00514. The Morgan fingerprint density at radius 3 is 2.43 bits per heavy atom. The average molecular weight is 305 g/mol. The highest BCUT2D eigenvalue weighted by Crippen LogP contribution is 2.24. The lowest BCUT2D eigenvalue weighted by Gasteiger charge is -2.08.